The lowest BCUT2D eigenvalue weighted by Crippen LogP contribution is -2.26. The average Bonchev–Trinajstić information content (AvgIpc) is 2.41. The first-order valence-corrected chi connectivity index (χ1v) is 5.52. The zero-order valence-corrected chi connectivity index (χ0v) is 10.9. The molecule has 0 fully saturated rings. The summed E-state index contributed by atoms with van der Waals surface area (Å²) in [7, 11) is 1.82. The Hall–Kier alpha value is -0.550. The zero-order valence-electron chi connectivity index (χ0n) is 7.68. The number of hydrogen-bond acceptors (Lipinski definition) is 1. The lowest BCUT2D eigenvalue weighted by Gasteiger charge is -2.04. The third-order valence-corrected chi connectivity index (χ3v) is 2.36. The fourth-order valence-electron chi connectivity index (χ4n) is 1.02. The predicted molar refractivity (Wildman–Crippen MR) is 63.5 cm³/mol. The number of amides is 1. The molecule has 0 aliphatic rings. The third-order valence-electron chi connectivity index (χ3n) is 1.64. The molecular formula is C9H10Br2N2O. The lowest BCUT2D eigenvalue weighted by atomic mass is 10.4. The van der Waals surface area contributed by atoms with Crippen molar-refractivity contribution in [2.75, 3.05) is 6.54 Å². The molecule has 0 atom stereocenters. The fraction of sp³-hybridized carbons (Fsp3) is 0.222. The molecule has 1 aromatic heterocycles. The largest absolute Gasteiger partial charge is 0.346 e. The number of halogens is 2. The molecule has 0 radical (unpaired) electrons. The standard InChI is InChI=1S/C9H10Br2N2O/c1-6(10)4-12-9(14)8-3-7(11)5-13(8)2/h3,5H,1,4H2,2H3,(H,12,14). The molecule has 5 heteroatoms. The van der Waals surface area contributed by atoms with Gasteiger partial charge in [0.05, 0.1) is 0 Å². The Morgan fingerprint density at radius 1 is 1.71 bits per heavy atom. The van der Waals surface area contributed by atoms with E-state index in [4.69, 9.17) is 0 Å². The van der Waals surface area contributed by atoms with Crippen LogP contribution in [-0.2, 0) is 7.05 Å². The van der Waals surface area contributed by atoms with Crippen LogP contribution in [0.1, 0.15) is 10.5 Å². The normalized spacial score (nSPS) is 9.93. The van der Waals surface area contributed by atoms with Crippen molar-refractivity contribution in [3.8, 4) is 0 Å². The first kappa shape index (κ1) is 11.5. The first-order chi connectivity index (χ1) is 6.50. The van der Waals surface area contributed by atoms with Gasteiger partial charge >= 0.3 is 0 Å². The molecule has 1 heterocycles. The quantitative estimate of drug-likeness (QED) is 0.911. The molecule has 3 nitrogen and oxygen atoms in total. The number of aromatic nitrogens is 1. The highest BCUT2D eigenvalue weighted by Gasteiger charge is 2.09. The first-order valence-electron chi connectivity index (χ1n) is 3.94. The molecule has 1 rings (SSSR count). The molecule has 0 aliphatic carbocycles. The van der Waals surface area contributed by atoms with Crippen LogP contribution in [0.2, 0.25) is 0 Å². The second kappa shape index (κ2) is 4.79. The van der Waals surface area contributed by atoms with Gasteiger partial charge in [0.15, 0.2) is 0 Å². The van der Waals surface area contributed by atoms with Crippen molar-refractivity contribution >= 4 is 37.8 Å². The predicted octanol–water partition coefficient (Wildman–Crippen LogP) is 2.43. The zero-order chi connectivity index (χ0) is 10.7. The molecule has 0 aliphatic heterocycles. The molecule has 0 saturated heterocycles. The van der Waals surface area contributed by atoms with E-state index in [0.717, 1.165) is 8.96 Å². The Morgan fingerprint density at radius 3 is 2.79 bits per heavy atom. The minimum absolute atomic E-state index is 0.112. The van der Waals surface area contributed by atoms with Gasteiger partial charge in [0.1, 0.15) is 5.69 Å². The van der Waals surface area contributed by atoms with Gasteiger partial charge in [-0.1, -0.05) is 22.5 Å². The van der Waals surface area contributed by atoms with Crippen LogP contribution in [0.15, 0.2) is 27.8 Å². The van der Waals surface area contributed by atoms with E-state index in [-0.39, 0.29) is 5.91 Å². The Morgan fingerprint density at radius 2 is 2.36 bits per heavy atom. The number of nitrogens with zero attached hydrogens (tertiary/aromatic N) is 1. The lowest BCUT2D eigenvalue weighted by molar-refractivity contribution is 0.0949. The SMILES string of the molecule is C=C(Br)CNC(=O)c1cc(Br)cn1C. The highest BCUT2D eigenvalue weighted by molar-refractivity contribution is 9.11. The summed E-state index contributed by atoms with van der Waals surface area (Å²) in [5.74, 6) is -0.112. The Labute approximate surface area is 99.4 Å². The van der Waals surface area contributed by atoms with Crippen LogP contribution in [0.3, 0.4) is 0 Å². The second-order valence-corrected chi connectivity index (χ2v) is 4.89. The van der Waals surface area contributed by atoms with Gasteiger partial charge in [-0.05, 0) is 22.0 Å². The summed E-state index contributed by atoms with van der Waals surface area (Å²) in [6.07, 6.45) is 1.83. The number of hydrogen-bond donors (Lipinski definition) is 1. The van der Waals surface area contributed by atoms with Crippen molar-refractivity contribution < 1.29 is 4.79 Å². The van der Waals surface area contributed by atoms with Crippen molar-refractivity contribution in [2.45, 2.75) is 0 Å². The summed E-state index contributed by atoms with van der Waals surface area (Å²) in [6, 6.07) is 1.77. The van der Waals surface area contributed by atoms with Gasteiger partial charge < -0.3 is 9.88 Å². The fourth-order valence-corrected chi connectivity index (χ4v) is 1.68. The van der Waals surface area contributed by atoms with Crippen LogP contribution >= 0.6 is 31.9 Å². The minimum atomic E-state index is -0.112. The molecule has 14 heavy (non-hydrogen) atoms. The number of nitrogens with one attached hydrogen (secondary N) is 1. The van der Waals surface area contributed by atoms with Gasteiger partial charge in [-0.15, -0.1) is 0 Å². The van der Waals surface area contributed by atoms with E-state index in [0.29, 0.717) is 12.2 Å². The van der Waals surface area contributed by atoms with E-state index >= 15 is 0 Å². The number of carbonyl (C=O) groups is 1. The number of rotatable bonds is 3. The summed E-state index contributed by atoms with van der Waals surface area (Å²) in [5.41, 5.74) is 0.616. The molecule has 1 amide bonds. The highest BCUT2D eigenvalue weighted by Crippen LogP contribution is 2.13. The van der Waals surface area contributed by atoms with Crippen molar-refractivity contribution in [3.05, 3.63) is 33.5 Å². The maximum Gasteiger partial charge on any atom is 0.268 e. The Bertz CT molecular complexity index is 371. The number of carbonyl (C=O) groups excluding carboxylic acids is 1. The monoisotopic (exact) mass is 320 g/mol. The molecule has 0 spiro atoms. The van der Waals surface area contributed by atoms with E-state index in [1.807, 2.05) is 13.2 Å². The maximum absolute atomic E-state index is 11.6. The summed E-state index contributed by atoms with van der Waals surface area (Å²) in [5, 5.41) is 2.73. The molecule has 0 unspecified atom stereocenters. The summed E-state index contributed by atoms with van der Waals surface area (Å²) < 4.78 is 3.40. The van der Waals surface area contributed by atoms with Crippen LogP contribution in [0, 0.1) is 0 Å². The van der Waals surface area contributed by atoms with Crippen molar-refractivity contribution in [2.24, 2.45) is 7.05 Å². The number of aryl methyl sites for hydroxylation is 1. The molecule has 0 aromatic carbocycles. The van der Waals surface area contributed by atoms with E-state index in [9.17, 15) is 4.79 Å². The maximum atomic E-state index is 11.6. The van der Waals surface area contributed by atoms with Crippen LogP contribution < -0.4 is 5.32 Å². The second-order valence-electron chi connectivity index (χ2n) is 2.85. The smallest absolute Gasteiger partial charge is 0.268 e. The molecule has 1 aromatic rings. The molecule has 0 saturated carbocycles. The topological polar surface area (TPSA) is 34.0 Å². The Balaban J connectivity index is 2.69. The average molecular weight is 322 g/mol. The molecular weight excluding hydrogens is 312 g/mol. The van der Waals surface area contributed by atoms with E-state index in [2.05, 4.69) is 43.8 Å². The van der Waals surface area contributed by atoms with Gasteiger partial charge in [-0.25, -0.2) is 0 Å². The van der Waals surface area contributed by atoms with Gasteiger partial charge in [0, 0.05) is 28.7 Å². The van der Waals surface area contributed by atoms with E-state index in [1.165, 1.54) is 0 Å². The van der Waals surface area contributed by atoms with E-state index in [1.54, 1.807) is 10.6 Å². The van der Waals surface area contributed by atoms with Crippen LogP contribution in [0.5, 0.6) is 0 Å². The van der Waals surface area contributed by atoms with Gasteiger partial charge in [-0.2, -0.15) is 0 Å². The van der Waals surface area contributed by atoms with Crippen LogP contribution in [0.25, 0.3) is 0 Å². The minimum Gasteiger partial charge on any atom is -0.346 e. The van der Waals surface area contributed by atoms with Crippen molar-refractivity contribution in [3.63, 3.8) is 0 Å². The Kier molecular flexibility index (Phi) is 3.95. The molecule has 0 bridgehead atoms. The third kappa shape index (κ3) is 2.99. The van der Waals surface area contributed by atoms with Crippen LogP contribution in [0.4, 0.5) is 0 Å². The van der Waals surface area contributed by atoms with Crippen molar-refractivity contribution in [1.82, 2.24) is 9.88 Å². The van der Waals surface area contributed by atoms with Crippen molar-refractivity contribution in [1.29, 1.82) is 0 Å². The molecule has 76 valence electrons. The summed E-state index contributed by atoms with van der Waals surface area (Å²) >= 11 is 6.48. The van der Waals surface area contributed by atoms with Gasteiger partial charge in [0.25, 0.3) is 5.91 Å². The van der Waals surface area contributed by atoms with Crippen LogP contribution in [-0.4, -0.2) is 17.0 Å². The molecule has 1 N–H and O–H groups in total. The summed E-state index contributed by atoms with van der Waals surface area (Å²) in [6.45, 7) is 4.07. The van der Waals surface area contributed by atoms with Gasteiger partial charge in [-0.3, -0.25) is 4.79 Å². The summed E-state index contributed by atoms with van der Waals surface area (Å²) in [4.78, 5) is 11.6. The highest BCUT2D eigenvalue weighted by atomic mass is 79.9. The van der Waals surface area contributed by atoms with Gasteiger partial charge in [0.2, 0.25) is 0 Å². The van der Waals surface area contributed by atoms with E-state index < -0.39 is 0 Å².